The zero-order valence-corrected chi connectivity index (χ0v) is 13.6. The number of nitrogens with zero attached hydrogens (tertiary/aromatic N) is 1. The number of hydrogen-bond acceptors (Lipinski definition) is 4. The van der Waals surface area contributed by atoms with E-state index in [-0.39, 0.29) is 16.9 Å². The Morgan fingerprint density at radius 3 is 2.00 bits per heavy atom. The number of unbranched alkanes of at least 4 members (excludes halogenated alkanes) is 4. The first-order valence-corrected chi connectivity index (χ1v) is 9.44. The van der Waals surface area contributed by atoms with Gasteiger partial charge in [0.25, 0.3) is 11.8 Å². The van der Waals surface area contributed by atoms with Crippen molar-refractivity contribution < 1.29 is 18.0 Å². The van der Waals surface area contributed by atoms with E-state index in [2.05, 4.69) is 6.92 Å². The fraction of sp³-hybridized carbons (Fsp3) is 0.500. The number of hydrogen-bond donors (Lipinski definition) is 0. The molecule has 5 nitrogen and oxygen atoms in total. The Morgan fingerprint density at radius 2 is 1.45 bits per heavy atom. The Balaban J connectivity index is 1.96. The van der Waals surface area contributed by atoms with Crippen LogP contribution in [0.2, 0.25) is 0 Å². The monoisotopic (exact) mass is 323 g/mol. The highest BCUT2D eigenvalue weighted by molar-refractivity contribution is 7.91. The average Bonchev–Trinajstić information content (AvgIpc) is 2.72. The van der Waals surface area contributed by atoms with Gasteiger partial charge in [-0.05, 0) is 18.6 Å². The van der Waals surface area contributed by atoms with Gasteiger partial charge >= 0.3 is 0 Å². The molecule has 0 aromatic heterocycles. The van der Waals surface area contributed by atoms with E-state index >= 15 is 0 Å². The maximum atomic E-state index is 12.1. The summed E-state index contributed by atoms with van der Waals surface area (Å²) < 4.78 is 24.2. The van der Waals surface area contributed by atoms with E-state index in [9.17, 15) is 18.0 Å². The predicted octanol–water partition coefficient (Wildman–Crippen LogP) is 2.63. The van der Waals surface area contributed by atoms with Crippen LogP contribution in [0.15, 0.2) is 24.3 Å². The molecule has 22 heavy (non-hydrogen) atoms. The summed E-state index contributed by atoms with van der Waals surface area (Å²) in [6.07, 6.45) is 4.64. The second kappa shape index (κ2) is 7.05. The van der Waals surface area contributed by atoms with E-state index in [1.165, 1.54) is 0 Å². The van der Waals surface area contributed by atoms with Crippen molar-refractivity contribution in [1.29, 1.82) is 0 Å². The standard InChI is InChI=1S/C16H21NO4S/c1-2-3-4-5-8-11-22(20,21)12-17-15(18)13-9-6-7-10-14(13)16(17)19/h6-7,9-10H,2-5,8,11-12H2,1H3. The summed E-state index contributed by atoms with van der Waals surface area (Å²) in [5, 5.41) is 0. The van der Waals surface area contributed by atoms with Gasteiger partial charge in [0.1, 0.15) is 5.88 Å². The molecule has 0 saturated carbocycles. The van der Waals surface area contributed by atoms with Gasteiger partial charge in [-0.2, -0.15) is 0 Å². The maximum Gasteiger partial charge on any atom is 0.262 e. The van der Waals surface area contributed by atoms with Crippen LogP contribution in [0.4, 0.5) is 0 Å². The van der Waals surface area contributed by atoms with Crippen molar-refractivity contribution in [3.05, 3.63) is 35.4 Å². The number of imide groups is 1. The van der Waals surface area contributed by atoms with Gasteiger partial charge in [-0.1, -0.05) is 44.7 Å². The van der Waals surface area contributed by atoms with Gasteiger partial charge in [-0.15, -0.1) is 0 Å². The summed E-state index contributed by atoms with van der Waals surface area (Å²) in [6.45, 7) is 2.10. The van der Waals surface area contributed by atoms with Gasteiger partial charge in [-0.25, -0.2) is 8.42 Å². The van der Waals surface area contributed by atoms with Crippen LogP contribution in [0.25, 0.3) is 0 Å². The molecular weight excluding hydrogens is 302 g/mol. The fourth-order valence-electron chi connectivity index (χ4n) is 2.54. The number of carbonyl (C=O) groups excluding carboxylic acids is 2. The first-order valence-electron chi connectivity index (χ1n) is 7.62. The largest absolute Gasteiger partial charge is 0.269 e. The third-order valence-electron chi connectivity index (χ3n) is 3.76. The van der Waals surface area contributed by atoms with E-state index in [1.807, 2.05) is 0 Å². The Kier molecular flexibility index (Phi) is 5.34. The summed E-state index contributed by atoms with van der Waals surface area (Å²) >= 11 is 0. The highest BCUT2D eigenvalue weighted by Crippen LogP contribution is 2.23. The van der Waals surface area contributed by atoms with Crippen LogP contribution >= 0.6 is 0 Å². The van der Waals surface area contributed by atoms with E-state index < -0.39 is 27.5 Å². The Morgan fingerprint density at radius 1 is 0.909 bits per heavy atom. The van der Waals surface area contributed by atoms with Crippen LogP contribution in [-0.2, 0) is 9.84 Å². The lowest BCUT2D eigenvalue weighted by molar-refractivity contribution is 0.0680. The van der Waals surface area contributed by atoms with Crippen molar-refractivity contribution >= 4 is 21.7 Å². The van der Waals surface area contributed by atoms with Gasteiger partial charge in [0.05, 0.1) is 16.9 Å². The minimum atomic E-state index is -3.45. The molecule has 1 heterocycles. The number of fused-ring (bicyclic) bond motifs is 1. The molecule has 1 aromatic rings. The van der Waals surface area contributed by atoms with Gasteiger partial charge < -0.3 is 0 Å². The maximum absolute atomic E-state index is 12.1. The SMILES string of the molecule is CCCCCCCS(=O)(=O)CN1C(=O)c2ccccc2C1=O. The topological polar surface area (TPSA) is 71.5 Å². The van der Waals surface area contributed by atoms with E-state index in [0.29, 0.717) is 6.42 Å². The zero-order chi connectivity index (χ0) is 16.2. The molecule has 2 rings (SSSR count). The van der Waals surface area contributed by atoms with Crippen LogP contribution in [0.3, 0.4) is 0 Å². The molecule has 0 unspecified atom stereocenters. The summed E-state index contributed by atoms with van der Waals surface area (Å²) in [5.41, 5.74) is 0.566. The predicted molar refractivity (Wildman–Crippen MR) is 84.4 cm³/mol. The van der Waals surface area contributed by atoms with Gasteiger partial charge in [0, 0.05) is 0 Å². The molecule has 0 N–H and O–H groups in total. The second-order valence-electron chi connectivity index (χ2n) is 5.57. The van der Waals surface area contributed by atoms with Gasteiger partial charge in [0.15, 0.2) is 9.84 Å². The van der Waals surface area contributed by atoms with Crippen LogP contribution in [0, 0.1) is 0 Å². The molecule has 1 aromatic carbocycles. The lowest BCUT2D eigenvalue weighted by atomic mass is 10.1. The van der Waals surface area contributed by atoms with Crippen molar-refractivity contribution in [2.75, 3.05) is 11.6 Å². The number of rotatable bonds is 8. The van der Waals surface area contributed by atoms with E-state index in [4.69, 9.17) is 0 Å². The zero-order valence-electron chi connectivity index (χ0n) is 12.7. The van der Waals surface area contributed by atoms with Crippen molar-refractivity contribution in [2.45, 2.75) is 39.0 Å². The molecule has 1 aliphatic rings. The average molecular weight is 323 g/mol. The Hall–Kier alpha value is -1.69. The summed E-state index contributed by atoms with van der Waals surface area (Å²) in [7, 11) is -3.45. The van der Waals surface area contributed by atoms with E-state index in [1.54, 1.807) is 24.3 Å². The molecule has 0 radical (unpaired) electrons. The lowest BCUT2D eigenvalue weighted by Crippen LogP contribution is -2.35. The molecule has 0 bridgehead atoms. The molecule has 0 spiro atoms. The third-order valence-corrected chi connectivity index (χ3v) is 5.33. The van der Waals surface area contributed by atoms with E-state index in [0.717, 1.165) is 30.6 Å². The first kappa shape index (κ1) is 16.7. The van der Waals surface area contributed by atoms with Crippen molar-refractivity contribution in [3.8, 4) is 0 Å². The Bertz CT molecular complexity index is 631. The third kappa shape index (κ3) is 3.74. The molecule has 6 heteroatoms. The molecule has 0 saturated heterocycles. The summed E-state index contributed by atoms with van der Waals surface area (Å²) in [5.74, 6) is -1.54. The molecule has 1 aliphatic heterocycles. The number of benzene rings is 1. The molecular formula is C16H21NO4S. The molecule has 2 amide bonds. The first-order chi connectivity index (χ1) is 10.5. The quantitative estimate of drug-likeness (QED) is 0.544. The molecule has 120 valence electrons. The van der Waals surface area contributed by atoms with Gasteiger partial charge in [-0.3, -0.25) is 14.5 Å². The van der Waals surface area contributed by atoms with Crippen molar-refractivity contribution in [2.24, 2.45) is 0 Å². The highest BCUT2D eigenvalue weighted by Gasteiger charge is 2.37. The van der Waals surface area contributed by atoms with Gasteiger partial charge in [0.2, 0.25) is 0 Å². The van der Waals surface area contributed by atoms with Crippen molar-refractivity contribution in [3.63, 3.8) is 0 Å². The lowest BCUT2D eigenvalue weighted by Gasteiger charge is -2.14. The molecule has 0 fully saturated rings. The smallest absolute Gasteiger partial charge is 0.262 e. The van der Waals surface area contributed by atoms with Crippen LogP contribution < -0.4 is 0 Å². The molecule has 0 aliphatic carbocycles. The number of sulfone groups is 1. The number of carbonyl (C=O) groups is 2. The van der Waals surface area contributed by atoms with Crippen LogP contribution in [-0.4, -0.2) is 36.8 Å². The minimum absolute atomic E-state index is 0.0180. The summed E-state index contributed by atoms with van der Waals surface area (Å²) in [6, 6.07) is 6.42. The van der Waals surface area contributed by atoms with Crippen LogP contribution in [0.1, 0.15) is 59.7 Å². The number of amides is 2. The summed E-state index contributed by atoms with van der Waals surface area (Å²) in [4.78, 5) is 25.1. The second-order valence-corrected chi connectivity index (χ2v) is 7.73. The van der Waals surface area contributed by atoms with Crippen LogP contribution in [0.5, 0.6) is 0 Å². The minimum Gasteiger partial charge on any atom is -0.269 e. The highest BCUT2D eigenvalue weighted by atomic mass is 32.2. The normalized spacial score (nSPS) is 14.5. The van der Waals surface area contributed by atoms with Crippen molar-refractivity contribution in [1.82, 2.24) is 4.90 Å². The molecule has 0 atom stereocenters. The fourth-order valence-corrected chi connectivity index (χ4v) is 3.94. The Labute approximate surface area is 131 Å².